The zero-order valence-corrected chi connectivity index (χ0v) is 21.5. The number of allylic oxidation sites excluding steroid dienone is 1. The van der Waals surface area contributed by atoms with E-state index >= 15 is 0 Å². The van der Waals surface area contributed by atoms with E-state index < -0.39 is 17.1 Å². The Bertz CT molecular complexity index is 1200. The first-order chi connectivity index (χ1) is 17.4. The minimum atomic E-state index is -0.788. The van der Waals surface area contributed by atoms with Gasteiger partial charge in [0.25, 0.3) is 0 Å². The summed E-state index contributed by atoms with van der Waals surface area (Å²) >= 11 is 0. The summed E-state index contributed by atoms with van der Waals surface area (Å²) in [7, 11) is 0. The van der Waals surface area contributed by atoms with Gasteiger partial charge in [-0.15, -0.1) is 0 Å². The highest BCUT2D eigenvalue weighted by atomic mass is 16.5. The molecule has 3 aliphatic carbocycles. The Balaban J connectivity index is 1.42. The number of carbonyl (C=O) groups is 2. The smallest absolute Gasteiger partial charge is 0.373 e. The van der Waals surface area contributed by atoms with Crippen molar-refractivity contribution in [2.24, 2.45) is 17.3 Å². The maximum atomic E-state index is 13.4. The van der Waals surface area contributed by atoms with Crippen LogP contribution in [-0.4, -0.2) is 23.5 Å². The van der Waals surface area contributed by atoms with Crippen molar-refractivity contribution >= 4 is 11.8 Å². The fourth-order valence-electron chi connectivity index (χ4n) is 6.95. The average molecular weight is 489 g/mol. The second kappa shape index (κ2) is 9.76. The Morgan fingerprint density at radius 2 is 1.92 bits per heavy atom. The van der Waals surface area contributed by atoms with Crippen LogP contribution in [0.15, 0.2) is 53.8 Å². The van der Waals surface area contributed by atoms with E-state index in [0.29, 0.717) is 24.9 Å². The summed E-state index contributed by atoms with van der Waals surface area (Å²) in [5, 5.41) is 10.5. The molecule has 2 fully saturated rings. The average Bonchev–Trinajstić information content (AvgIpc) is 3.17. The first-order valence-corrected chi connectivity index (χ1v) is 13.3. The number of Topliss-reactive ketones (excluding diaryl/α,β-unsaturated/α-hetero) is 1. The number of rotatable bonds is 6. The largest absolute Gasteiger partial charge is 0.502 e. The number of aliphatic hydroxyl groups excluding tert-OH is 1. The van der Waals surface area contributed by atoms with Crippen LogP contribution in [0.2, 0.25) is 0 Å². The predicted molar refractivity (Wildman–Crippen MR) is 138 cm³/mol. The number of aliphatic hydroxyl groups is 1. The van der Waals surface area contributed by atoms with Crippen molar-refractivity contribution < 1.29 is 24.2 Å². The zero-order valence-electron chi connectivity index (χ0n) is 21.5. The molecule has 0 aliphatic heterocycles. The lowest BCUT2D eigenvalue weighted by Gasteiger charge is -2.48. The van der Waals surface area contributed by atoms with E-state index in [1.54, 1.807) is 6.92 Å². The molecule has 4 unspecified atom stereocenters. The fraction of sp³-hybridized carbons (Fsp3) is 0.484. The van der Waals surface area contributed by atoms with Crippen LogP contribution >= 0.6 is 0 Å². The van der Waals surface area contributed by atoms with Crippen LogP contribution in [0.3, 0.4) is 0 Å². The molecule has 4 atom stereocenters. The number of ketones is 1. The Labute approximate surface area is 213 Å². The van der Waals surface area contributed by atoms with Crippen LogP contribution in [0.5, 0.6) is 5.75 Å². The summed E-state index contributed by atoms with van der Waals surface area (Å²) in [6.45, 7) is 6.62. The molecule has 190 valence electrons. The zero-order chi connectivity index (χ0) is 25.4. The molecule has 0 heterocycles. The van der Waals surface area contributed by atoms with Crippen molar-refractivity contribution in [3.63, 3.8) is 0 Å². The maximum absolute atomic E-state index is 13.4. The first kappa shape index (κ1) is 24.6. The Kier molecular flexibility index (Phi) is 6.67. The van der Waals surface area contributed by atoms with Crippen molar-refractivity contribution in [1.29, 1.82) is 0 Å². The second-order valence-corrected chi connectivity index (χ2v) is 10.7. The molecule has 1 N–H and O–H groups in total. The van der Waals surface area contributed by atoms with Gasteiger partial charge in [0.2, 0.25) is 5.76 Å². The van der Waals surface area contributed by atoms with Crippen LogP contribution in [-0.2, 0) is 33.8 Å². The summed E-state index contributed by atoms with van der Waals surface area (Å²) in [5.74, 6) is 0.497. The molecule has 0 amide bonds. The van der Waals surface area contributed by atoms with Gasteiger partial charge in [0, 0.05) is 11.0 Å². The van der Waals surface area contributed by atoms with Gasteiger partial charge in [-0.3, -0.25) is 4.79 Å². The summed E-state index contributed by atoms with van der Waals surface area (Å²) in [5.41, 5.74) is 4.88. The molecule has 2 saturated carbocycles. The van der Waals surface area contributed by atoms with E-state index in [1.165, 1.54) is 16.7 Å². The summed E-state index contributed by atoms with van der Waals surface area (Å²) < 4.78 is 11.3. The van der Waals surface area contributed by atoms with Crippen LogP contribution in [0, 0.1) is 17.3 Å². The van der Waals surface area contributed by atoms with E-state index in [0.717, 1.165) is 43.4 Å². The SMILES string of the molecule is CCOC(=O)C(O)=C1CC2C3CCc4cc(OCc5ccccc5)c(CC)cc4C3CCC2(C)C1=O. The maximum Gasteiger partial charge on any atom is 0.373 e. The van der Waals surface area contributed by atoms with Crippen LogP contribution < -0.4 is 4.74 Å². The van der Waals surface area contributed by atoms with Gasteiger partial charge in [-0.2, -0.15) is 0 Å². The van der Waals surface area contributed by atoms with Gasteiger partial charge in [0.05, 0.1) is 6.61 Å². The highest BCUT2D eigenvalue weighted by Crippen LogP contribution is 2.61. The highest BCUT2D eigenvalue weighted by molar-refractivity contribution is 6.07. The van der Waals surface area contributed by atoms with E-state index in [4.69, 9.17) is 9.47 Å². The van der Waals surface area contributed by atoms with E-state index in [-0.39, 0.29) is 23.9 Å². The first-order valence-electron chi connectivity index (χ1n) is 13.3. The van der Waals surface area contributed by atoms with Gasteiger partial charge in [-0.05, 0) is 91.5 Å². The molecule has 0 saturated heterocycles. The number of esters is 1. The van der Waals surface area contributed by atoms with Gasteiger partial charge in [-0.25, -0.2) is 4.79 Å². The van der Waals surface area contributed by atoms with Gasteiger partial charge in [-0.1, -0.05) is 50.2 Å². The Morgan fingerprint density at radius 3 is 2.64 bits per heavy atom. The van der Waals surface area contributed by atoms with Crippen LogP contribution in [0.1, 0.15) is 74.6 Å². The van der Waals surface area contributed by atoms with Gasteiger partial charge >= 0.3 is 5.97 Å². The molecule has 0 aromatic heterocycles. The molecule has 0 spiro atoms. The summed E-state index contributed by atoms with van der Waals surface area (Å²) in [4.78, 5) is 25.6. The third kappa shape index (κ3) is 4.12. The number of ether oxygens (including phenoxy) is 2. The van der Waals surface area contributed by atoms with Crippen molar-refractivity contribution in [1.82, 2.24) is 0 Å². The molecule has 5 nitrogen and oxygen atoms in total. The van der Waals surface area contributed by atoms with Crippen molar-refractivity contribution in [3.05, 3.63) is 76.1 Å². The monoisotopic (exact) mass is 488 g/mol. The third-order valence-electron chi connectivity index (χ3n) is 8.89. The topological polar surface area (TPSA) is 72.8 Å². The minimum Gasteiger partial charge on any atom is -0.502 e. The third-order valence-corrected chi connectivity index (χ3v) is 8.89. The normalized spacial score (nSPS) is 28.1. The molecule has 2 aromatic carbocycles. The highest BCUT2D eigenvalue weighted by Gasteiger charge is 2.57. The Morgan fingerprint density at radius 1 is 1.14 bits per heavy atom. The number of aryl methyl sites for hydroxylation is 2. The van der Waals surface area contributed by atoms with E-state index in [9.17, 15) is 14.7 Å². The molecule has 3 aliphatic rings. The van der Waals surface area contributed by atoms with Crippen LogP contribution in [0.4, 0.5) is 0 Å². The molecule has 5 rings (SSSR count). The summed E-state index contributed by atoms with van der Waals surface area (Å²) in [6.07, 6.45) is 5.01. The lowest BCUT2D eigenvalue weighted by atomic mass is 9.55. The molecular formula is C31H36O5. The lowest BCUT2D eigenvalue weighted by molar-refractivity contribution is -0.142. The number of hydrogen-bond acceptors (Lipinski definition) is 5. The number of fused-ring (bicyclic) bond motifs is 5. The minimum absolute atomic E-state index is 0.0683. The van der Waals surface area contributed by atoms with E-state index in [2.05, 4.69) is 31.2 Å². The number of benzene rings is 2. The van der Waals surface area contributed by atoms with Gasteiger partial charge in [0.1, 0.15) is 12.4 Å². The van der Waals surface area contributed by atoms with Gasteiger partial charge < -0.3 is 14.6 Å². The van der Waals surface area contributed by atoms with E-state index in [1.807, 2.05) is 25.1 Å². The standard InChI is InChI=1S/C31H36O5/c1-4-20-15-24-21(16-27(20)36-18-19-9-7-6-8-10-19)11-12-23-22(24)13-14-31(3)26(23)17-25(29(31)33)28(32)30(34)35-5-2/h6-10,15-16,22-23,26,32H,4-5,11-14,17-18H2,1-3H3. The lowest BCUT2D eigenvalue weighted by Crippen LogP contribution is -2.42. The van der Waals surface area contributed by atoms with Gasteiger partial charge in [0.15, 0.2) is 5.78 Å². The summed E-state index contributed by atoms with van der Waals surface area (Å²) in [6, 6.07) is 14.8. The molecule has 2 aromatic rings. The molecule has 0 bridgehead atoms. The molecule has 0 radical (unpaired) electrons. The van der Waals surface area contributed by atoms with Crippen molar-refractivity contribution in [2.45, 2.75) is 71.8 Å². The fourth-order valence-corrected chi connectivity index (χ4v) is 6.95. The molecular weight excluding hydrogens is 452 g/mol. The van der Waals surface area contributed by atoms with Crippen molar-refractivity contribution in [3.8, 4) is 5.75 Å². The predicted octanol–water partition coefficient (Wildman–Crippen LogP) is 6.24. The number of hydrogen-bond donors (Lipinski definition) is 1. The quantitative estimate of drug-likeness (QED) is 0.296. The molecule has 36 heavy (non-hydrogen) atoms. The molecule has 5 heteroatoms. The second-order valence-electron chi connectivity index (χ2n) is 10.7. The van der Waals surface area contributed by atoms with Crippen LogP contribution in [0.25, 0.3) is 0 Å². The van der Waals surface area contributed by atoms with Crippen molar-refractivity contribution in [2.75, 3.05) is 6.61 Å². The number of carbonyl (C=O) groups excluding carboxylic acids is 2. The Hall–Kier alpha value is -3.08.